The summed E-state index contributed by atoms with van der Waals surface area (Å²) >= 11 is 0. The van der Waals surface area contributed by atoms with Crippen LogP contribution >= 0.6 is 0 Å². The molecular weight excluding hydrogens is 392 g/mol. The van der Waals surface area contributed by atoms with Crippen LogP contribution in [0.15, 0.2) is 54.7 Å². The molecule has 0 unspecified atom stereocenters. The van der Waals surface area contributed by atoms with Gasteiger partial charge in [0.1, 0.15) is 11.6 Å². The number of nitrogens with zero attached hydrogens (tertiary/aromatic N) is 3. The van der Waals surface area contributed by atoms with Crippen molar-refractivity contribution in [1.29, 1.82) is 0 Å². The number of para-hydroxylation sites is 1. The molecule has 0 atom stereocenters. The lowest BCUT2D eigenvalue weighted by atomic mass is 10.3. The molecule has 1 saturated heterocycles. The fourth-order valence-electron chi connectivity index (χ4n) is 3.06. The van der Waals surface area contributed by atoms with Gasteiger partial charge in [-0.2, -0.15) is 4.31 Å². The molecule has 1 aliphatic rings. The lowest BCUT2D eigenvalue weighted by molar-refractivity contribution is -0.123. The third-order valence-corrected chi connectivity index (χ3v) is 6.58. The van der Waals surface area contributed by atoms with Crippen molar-refractivity contribution < 1.29 is 17.9 Å². The maximum absolute atomic E-state index is 12.5. The molecule has 8 nitrogen and oxygen atoms in total. The third-order valence-electron chi connectivity index (χ3n) is 4.62. The number of sulfonamides is 1. The van der Waals surface area contributed by atoms with Crippen LogP contribution in [0, 0.1) is 0 Å². The average molecular weight is 419 g/mol. The molecule has 156 valence electrons. The molecule has 1 aliphatic heterocycles. The van der Waals surface area contributed by atoms with Crippen LogP contribution in [0.5, 0.6) is 5.75 Å². The van der Waals surface area contributed by atoms with Crippen LogP contribution in [-0.4, -0.2) is 68.7 Å². The number of carbonyl (C=O) groups excluding carboxylic acids is 1. The van der Waals surface area contributed by atoms with Gasteiger partial charge in [0.2, 0.25) is 10.0 Å². The van der Waals surface area contributed by atoms with E-state index in [2.05, 4.69) is 15.2 Å². The SMILES string of the molecule is O=C(COc1ccccc1)NCCCS(=O)(=O)N1CCN(c2ccccn2)CC1. The van der Waals surface area contributed by atoms with Crippen LogP contribution in [0.4, 0.5) is 5.82 Å². The molecule has 0 bridgehead atoms. The monoisotopic (exact) mass is 418 g/mol. The quantitative estimate of drug-likeness (QED) is 0.614. The van der Waals surface area contributed by atoms with Gasteiger partial charge >= 0.3 is 0 Å². The molecule has 0 spiro atoms. The van der Waals surface area contributed by atoms with Gasteiger partial charge in [0.05, 0.1) is 5.75 Å². The Kier molecular flexibility index (Phi) is 7.42. The first-order valence-corrected chi connectivity index (χ1v) is 11.2. The van der Waals surface area contributed by atoms with Crippen molar-refractivity contribution in [3.8, 4) is 5.75 Å². The maximum atomic E-state index is 12.5. The lowest BCUT2D eigenvalue weighted by Crippen LogP contribution is -2.49. The summed E-state index contributed by atoms with van der Waals surface area (Å²) in [5.41, 5.74) is 0. The summed E-state index contributed by atoms with van der Waals surface area (Å²) in [6, 6.07) is 14.8. The van der Waals surface area contributed by atoms with Crippen molar-refractivity contribution in [2.75, 3.05) is 50.0 Å². The van der Waals surface area contributed by atoms with Gasteiger partial charge in [-0.15, -0.1) is 0 Å². The summed E-state index contributed by atoms with van der Waals surface area (Å²) < 4.78 is 32.0. The minimum absolute atomic E-state index is 0.0103. The molecule has 2 aromatic rings. The number of pyridine rings is 1. The molecule has 3 rings (SSSR count). The number of carbonyl (C=O) groups is 1. The minimum Gasteiger partial charge on any atom is -0.484 e. The zero-order chi connectivity index (χ0) is 20.5. The molecule has 9 heteroatoms. The van der Waals surface area contributed by atoms with Crippen molar-refractivity contribution >= 4 is 21.7 Å². The number of ether oxygens (including phenoxy) is 1. The van der Waals surface area contributed by atoms with Crippen molar-refractivity contribution in [3.05, 3.63) is 54.7 Å². The Morgan fingerprint density at radius 2 is 1.76 bits per heavy atom. The summed E-state index contributed by atoms with van der Waals surface area (Å²) in [6.07, 6.45) is 2.09. The first kappa shape index (κ1) is 21.1. The number of aromatic nitrogens is 1. The molecule has 1 fully saturated rings. The minimum atomic E-state index is -3.34. The van der Waals surface area contributed by atoms with Crippen LogP contribution in [0.2, 0.25) is 0 Å². The van der Waals surface area contributed by atoms with Gasteiger partial charge in [0, 0.05) is 38.9 Å². The Morgan fingerprint density at radius 1 is 1.03 bits per heavy atom. The molecule has 1 aromatic heterocycles. The van der Waals surface area contributed by atoms with Crippen LogP contribution in [0.25, 0.3) is 0 Å². The van der Waals surface area contributed by atoms with Gasteiger partial charge < -0.3 is 15.0 Å². The summed E-state index contributed by atoms with van der Waals surface area (Å²) in [5, 5.41) is 2.69. The Balaban J connectivity index is 1.34. The number of hydrogen-bond acceptors (Lipinski definition) is 6. The number of rotatable bonds is 9. The van der Waals surface area contributed by atoms with Crippen molar-refractivity contribution in [2.24, 2.45) is 0 Å². The second-order valence-electron chi connectivity index (χ2n) is 6.70. The topological polar surface area (TPSA) is 91.8 Å². The number of piperazine rings is 1. The van der Waals surface area contributed by atoms with Crippen molar-refractivity contribution in [3.63, 3.8) is 0 Å². The van der Waals surface area contributed by atoms with E-state index in [1.54, 1.807) is 18.3 Å². The number of benzene rings is 1. The molecule has 29 heavy (non-hydrogen) atoms. The van der Waals surface area contributed by atoms with E-state index in [1.807, 2.05) is 36.4 Å². The van der Waals surface area contributed by atoms with Crippen LogP contribution in [0.3, 0.4) is 0 Å². The maximum Gasteiger partial charge on any atom is 0.257 e. The molecule has 1 aromatic carbocycles. The van der Waals surface area contributed by atoms with Gasteiger partial charge in [0.25, 0.3) is 5.91 Å². The fraction of sp³-hybridized carbons (Fsp3) is 0.400. The van der Waals surface area contributed by atoms with Crippen LogP contribution in [-0.2, 0) is 14.8 Å². The van der Waals surface area contributed by atoms with Crippen molar-refractivity contribution in [2.45, 2.75) is 6.42 Å². The van der Waals surface area contributed by atoms with Crippen molar-refractivity contribution in [1.82, 2.24) is 14.6 Å². The number of amides is 1. The highest BCUT2D eigenvalue weighted by atomic mass is 32.2. The Hall–Kier alpha value is -2.65. The zero-order valence-corrected chi connectivity index (χ0v) is 17.1. The highest BCUT2D eigenvalue weighted by molar-refractivity contribution is 7.89. The van der Waals surface area contributed by atoms with Gasteiger partial charge in [-0.25, -0.2) is 13.4 Å². The second-order valence-corrected chi connectivity index (χ2v) is 8.78. The smallest absolute Gasteiger partial charge is 0.257 e. The highest BCUT2D eigenvalue weighted by Gasteiger charge is 2.26. The normalized spacial score (nSPS) is 15.1. The van der Waals surface area contributed by atoms with Crippen LogP contribution in [0.1, 0.15) is 6.42 Å². The molecule has 1 N–H and O–H groups in total. The van der Waals surface area contributed by atoms with E-state index >= 15 is 0 Å². The van der Waals surface area contributed by atoms with E-state index in [9.17, 15) is 13.2 Å². The Bertz CT molecular complexity index is 870. The highest BCUT2D eigenvalue weighted by Crippen LogP contribution is 2.15. The molecule has 0 radical (unpaired) electrons. The predicted octanol–water partition coefficient (Wildman–Crippen LogP) is 1.12. The van der Waals surface area contributed by atoms with Gasteiger partial charge in [0.15, 0.2) is 6.61 Å². The first-order valence-electron chi connectivity index (χ1n) is 9.63. The fourth-order valence-corrected chi connectivity index (χ4v) is 4.55. The second kappa shape index (κ2) is 10.2. The number of nitrogens with one attached hydrogen (secondary N) is 1. The Morgan fingerprint density at radius 3 is 2.45 bits per heavy atom. The van der Waals surface area contributed by atoms with E-state index in [-0.39, 0.29) is 18.3 Å². The van der Waals surface area contributed by atoms with E-state index in [1.165, 1.54) is 4.31 Å². The number of anilines is 1. The zero-order valence-electron chi connectivity index (χ0n) is 16.2. The summed E-state index contributed by atoms with van der Waals surface area (Å²) in [7, 11) is -3.34. The first-order chi connectivity index (χ1) is 14.0. The summed E-state index contributed by atoms with van der Waals surface area (Å²) in [5.74, 6) is 1.23. The Labute approximate surface area is 171 Å². The van der Waals surface area contributed by atoms with E-state index < -0.39 is 10.0 Å². The predicted molar refractivity (Wildman–Crippen MR) is 111 cm³/mol. The van der Waals surface area contributed by atoms with Gasteiger partial charge in [-0.1, -0.05) is 24.3 Å². The number of hydrogen-bond donors (Lipinski definition) is 1. The van der Waals surface area contributed by atoms with Gasteiger partial charge in [-0.3, -0.25) is 4.79 Å². The third kappa shape index (κ3) is 6.43. The summed E-state index contributed by atoms with van der Waals surface area (Å²) in [6.45, 7) is 2.32. The summed E-state index contributed by atoms with van der Waals surface area (Å²) in [4.78, 5) is 18.2. The largest absolute Gasteiger partial charge is 0.484 e. The van der Waals surface area contributed by atoms with E-state index in [0.29, 0.717) is 44.9 Å². The molecular formula is C20H26N4O4S. The lowest BCUT2D eigenvalue weighted by Gasteiger charge is -2.34. The van der Waals surface area contributed by atoms with Crippen LogP contribution < -0.4 is 15.0 Å². The standard InChI is InChI=1S/C20H26N4O4S/c25-20(17-28-18-7-2-1-3-8-18)22-11-6-16-29(26,27)24-14-12-23(13-15-24)19-9-4-5-10-21-19/h1-5,7-10H,6,11-17H2,(H,22,25). The molecule has 1 amide bonds. The van der Waals surface area contributed by atoms with E-state index in [4.69, 9.17) is 4.74 Å². The van der Waals surface area contributed by atoms with Gasteiger partial charge in [-0.05, 0) is 30.7 Å². The molecule has 0 aliphatic carbocycles. The van der Waals surface area contributed by atoms with E-state index in [0.717, 1.165) is 5.82 Å². The molecule has 2 heterocycles. The molecule has 0 saturated carbocycles. The average Bonchev–Trinajstić information content (AvgIpc) is 2.77.